The average Bonchev–Trinajstić information content (AvgIpc) is 2.75. The molecule has 0 bridgehead atoms. The van der Waals surface area contributed by atoms with E-state index in [1.54, 1.807) is 4.57 Å². The van der Waals surface area contributed by atoms with Crippen LogP contribution in [-0.4, -0.2) is 22.6 Å². The topological polar surface area (TPSA) is 72.9 Å². The lowest BCUT2D eigenvalue weighted by Gasteiger charge is -2.11. The third kappa shape index (κ3) is 1.81. The SMILES string of the molecule is CCn1c(NCCN)nc2sccc2c1=O. The molecule has 16 heavy (non-hydrogen) atoms. The maximum Gasteiger partial charge on any atom is 0.263 e. The zero-order valence-corrected chi connectivity index (χ0v) is 9.88. The predicted molar refractivity (Wildman–Crippen MR) is 67.1 cm³/mol. The minimum absolute atomic E-state index is 0.00766. The largest absolute Gasteiger partial charge is 0.354 e. The summed E-state index contributed by atoms with van der Waals surface area (Å²) >= 11 is 1.47. The van der Waals surface area contributed by atoms with Crippen LogP contribution in [0.5, 0.6) is 0 Å². The lowest BCUT2D eigenvalue weighted by molar-refractivity contribution is 0.722. The van der Waals surface area contributed by atoms with Crippen LogP contribution < -0.4 is 16.6 Å². The van der Waals surface area contributed by atoms with Crippen molar-refractivity contribution in [3.63, 3.8) is 0 Å². The molecule has 0 saturated heterocycles. The molecule has 0 fully saturated rings. The van der Waals surface area contributed by atoms with Gasteiger partial charge in [0, 0.05) is 19.6 Å². The van der Waals surface area contributed by atoms with Crippen LogP contribution in [0.2, 0.25) is 0 Å². The third-order valence-electron chi connectivity index (χ3n) is 2.33. The van der Waals surface area contributed by atoms with Crippen molar-refractivity contribution >= 4 is 27.5 Å². The first-order valence-corrected chi connectivity index (χ1v) is 6.08. The van der Waals surface area contributed by atoms with E-state index in [-0.39, 0.29) is 5.56 Å². The van der Waals surface area contributed by atoms with Crippen molar-refractivity contribution in [3.05, 3.63) is 21.8 Å². The molecular weight excluding hydrogens is 224 g/mol. The highest BCUT2D eigenvalue weighted by atomic mass is 32.1. The second-order valence-electron chi connectivity index (χ2n) is 3.34. The lowest BCUT2D eigenvalue weighted by Crippen LogP contribution is -2.25. The fraction of sp³-hybridized carbons (Fsp3) is 0.400. The van der Waals surface area contributed by atoms with E-state index in [0.29, 0.717) is 31.0 Å². The number of anilines is 1. The van der Waals surface area contributed by atoms with Gasteiger partial charge in [-0.15, -0.1) is 11.3 Å². The van der Waals surface area contributed by atoms with Crippen LogP contribution in [0.3, 0.4) is 0 Å². The summed E-state index contributed by atoms with van der Waals surface area (Å²) in [6.07, 6.45) is 0. The number of nitrogens with one attached hydrogen (secondary N) is 1. The number of nitrogens with two attached hydrogens (primary N) is 1. The Kier molecular flexibility index (Phi) is 3.21. The average molecular weight is 238 g/mol. The van der Waals surface area contributed by atoms with Crippen LogP contribution in [0.4, 0.5) is 5.95 Å². The molecule has 0 saturated carbocycles. The molecule has 0 aromatic carbocycles. The normalized spacial score (nSPS) is 10.9. The Morgan fingerprint density at radius 2 is 2.44 bits per heavy atom. The number of thiophene rings is 1. The molecule has 3 N–H and O–H groups in total. The number of hydrogen-bond donors (Lipinski definition) is 2. The van der Waals surface area contributed by atoms with E-state index >= 15 is 0 Å². The van der Waals surface area contributed by atoms with E-state index in [0.717, 1.165) is 4.83 Å². The summed E-state index contributed by atoms with van der Waals surface area (Å²) in [7, 11) is 0. The van der Waals surface area contributed by atoms with Crippen LogP contribution in [0.15, 0.2) is 16.2 Å². The molecule has 0 spiro atoms. The van der Waals surface area contributed by atoms with Gasteiger partial charge in [0.05, 0.1) is 5.39 Å². The van der Waals surface area contributed by atoms with E-state index in [2.05, 4.69) is 10.3 Å². The molecule has 0 aliphatic rings. The van der Waals surface area contributed by atoms with E-state index in [9.17, 15) is 4.79 Å². The van der Waals surface area contributed by atoms with Crippen LogP contribution in [0.1, 0.15) is 6.92 Å². The van der Waals surface area contributed by atoms with Crippen LogP contribution in [0, 0.1) is 0 Å². The van der Waals surface area contributed by atoms with Crippen LogP contribution >= 0.6 is 11.3 Å². The Hall–Kier alpha value is -1.40. The molecule has 0 aliphatic carbocycles. The zero-order valence-electron chi connectivity index (χ0n) is 9.06. The van der Waals surface area contributed by atoms with Crippen molar-refractivity contribution in [1.29, 1.82) is 0 Å². The summed E-state index contributed by atoms with van der Waals surface area (Å²) in [6.45, 7) is 3.66. The van der Waals surface area contributed by atoms with Gasteiger partial charge in [0.2, 0.25) is 5.95 Å². The van der Waals surface area contributed by atoms with Gasteiger partial charge in [0.25, 0.3) is 5.56 Å². The monoisotopic (exact) mass is 238 g/mol. The molecule has 0 radical (unpaired) electrons. The first-order chi connectivity index (χ1) is 7.77. The molecular formula is C10H14N4OS. The molecule has 0 unspecified atom stereocenters. The Balaban J connectivity index is 2.57. The van der Waals surface area contributed by atoms with E-state index in [1.807, 2.05) is 18.4 Å². The summed E-state index contributed by atoms with van der Waals surface area (Å²) in [6, 6.07) is 1.81. The van der Waals surface area contributed by atoms with Gasteiger partial charge < -0.3 is 11.1 Å². The van der Waals surface area contributed by atoms with Gasteiger partial charge in [0.15, 0.2) is 0 Å². The minimum atomic E-state index is 0.00766. The number of nitrogens with zero attached hydrogens (tertiary/aromatic N) is 2. The highest BCUT2D eigenvalue weighted by Gasteiger charge is 2.09. The fourth-order valence-corrected chi connectivity index (χ4v) is 2.32. The van der Waals surface area contributed by atoms with Gasteiger partial charge >= 0.3 is 0 Å². The number of aromatic nitrogens is 2. The second-order valence-corrected chi connectivity index (χ2v) is 4.23. The van der Waals surface area contributed by atoms with Gasteiger partial charge in [-0.25, -0.2) is 4.98 Å². The smallest absolute Gasteiger partial charge is 0.263 e. The van der Waals surface area contributed by atoms with Crippen LogP contribution in [-0.2, 0) is 6.54 Å². The summed E-state index contributed by atoms with van der Waals surface area (Å²) in [5.41, 5.74) is 5.43. The Labute approximate surface area is 96.9 Å². The van der Waals surface area contributed by atoms with E-state index in [4.69, 9.17) is 5.73 Å². The number of fused-ring (bicyclic) bond motifs is 1. The second kappa shape index (κ2) is 4.63. The Morgan fingerprint density at radius 3 is 3.12 bits per heavy atom. The summed E-state index contributed by atoms with van der Waals surface area (Å²) in [5, 5.41) is 5.64. The first kappa shape index (κ1) is 11.1. The molecule has 0 amide bonds. The van der Waals surface area contributed by atoms with Crippen molar-refractivity contribution in [3.8, 4) is 0 Å². The maximum atomic E-state index is 12.1. The molecule has 0 aliphatic heterocycles. The third-order valence-corrected chi connectivity index (χ3v) is 3.13. The predicted octanol–water partition coefficient (Wildman–Crippen LogP) is 0.848. The van der Waals surface area contributed by atoms with Crippen molar-refractivity contribution in [1.82, 2.24) is 9.55 Å². The van der Waals surface area contributed by atoms with Gasteiger partial charge in [-0.05, 0) is 18.4 Å². The van der Waals surface area contributed by atoms with Crippen molar-refractivity contribution in [2.24, 2.45) is 5.73 Å². The molecule has 2 heterocycles. The molecule has 2 aromatic rings. The van der Waals surface area contributed by atoms with Crippen molar-refractivity contribution in [2.45, 2.75) is 13.5 Å². The Morgan fingerprint density at radius 1 is 1.62 bits per heavy atom. The van der Waals surface area contributed by atoms with Gasteiger partial charge in [-0.3, -0.25) is 9.36 Å². The molecule has 86 valence electrons. The van der Waals surface area contributed by atoms with Crippen molar-refractivity contribution < 1.29 is 0 Å². The number of hydrogen-bond acceptors (Lipinski definition) is 5. The molecule has 6 heteroatoms. The quantitative estimate of drug-likeness (QED) is 0.828. The summed E-state index contributed by atoms with van der Waals surface area (Å²) in [5.74, 6) is 0.605. The molecule has 2 rings (SSSR count). The van der Waals surface area contributed by atoms with E-state index in [1.165, 1.54) is 11.3 Å². The highest BCUT2D eigenvalue weighted by Crippen LogP contribution is 2.16. The maximum absolute atomic E-state index is 12.1. The minimum Gasteiger partial charge on any atom is -0.354 e. The standard InChI is InChI=1S/C10H14N4OS/c1-2-14-9(15)7-3-6-16-8(7)13-10(14)12-5-4-11/h3,6H,2,4-5,11H2,1H3,(H,12,13). The Bertz CT molecular complexity index is 545. The summed E-state index contributed by atoms with van der Waals surface area (Å²) < 4.78 is 1.63. The first-order valence-electron chi connectivity index (χ1n) is 5.20. The van der Waals surface area contributed by atoms with E-state index < -0.39 is 0 Å². The van der Waals surface area contributed by atoms with Crippen molar-refractivity contribution in [2.75, 3.05) is 18.4 Å². The van der Waals surface area contributed by atoms with Gasteiger partial charge in [-0.1, -0.05) is 0 Å². The number of rotatable bonds is 4. The fourth-order valence-electron chi connectivity index (χ4n) is 1.56. The van der Waals surface area contributed by atoms with Crippen LogP contribution in [0.25, 0.3) is 10.2 Å². The molecule has 2 aromatic heterocycles. The lowest BCUT2D eigenvalue weighted by atomic mass is 10.4. The summed E-state index contributed by atoms with van der Waals surface area (Å²) in [4.78, 5) is 17.3. The van der Waals surface area contributed by atoms with Gasteiger partial charge in [-0.2, -0.15) is 0 Å². The molecule has 5 nitrogen and oxygen atoms in total. The van der Waals surface area contributed by atoms with Gasteiger partial charge in [0.1, 0.15) is 4.83 Å². The molecule has 0 atom stereocenters. The zero-order chi connectivity index (χ0) is 11.5. The highest BCUT2D eigenvalue weighted by molar-refractivity contribution is 7.16.